The molecule has 0 saturated heterocycles. The molecule has 0 spiro atoms. The predicted molar refractivity (Wildman–Crippen MR) is 103 cm³/mol. The van der Waals surface area contributed by atoms with Gasteiger partial charge in [-0.05, 0) is 43.2 Å². The van der Waals surface area contributed by atoms with Crippen molar-refractivity contribution in [3.8, 4) is 5.69 Å². The Balaban J connectivity index is 1.66. The van der Waals surface area contributed by atoms with Crippen LogP contribution in [0.4, 0.5) is 33.7 Å². The highest BCUT2D eigenvalue weighted by Crippen LogP contribution is 2.34. The molecule has 0 aliphatic heterocycles. The first-order valence-electron chi connectivity index (χ1n) is 9.08. The van der Waals surface area contributed by atoms with Gasteiger partial charge in [-0.15, -0.1) is 0 Å². The standard InChI is InChI=1S/C20H20F4N4O/c1-2-3-6-14-12-28(27-14)18-10-9-13(11-16(18)21)25-19(29)26-17-8-5-4-7-15(17)20(22,23)24/h4-5,7-12,27H,2-3,6H2,1H3,(H2,25,26,29). The molecule has 0 saturated carbocycles. The van der Waals surface area contributed by atoms with Gasteiger partial charge in [0.25, 0.3) is 0 Å². The van der Waals surface area contributed by atoms with Crippen molar-refractivity contribution in [1.29, 1.82) is 0 Å². The summed E-state index contributed by atoms with van der Waals surface area (Å²) in [5.74, 6) is -0.586. The predicted octanol–water partition coefficient (Wildman–Crippen LogP) is 5.95. The van der Waals surface area contributed by atoms with Crippen molar-refractivity contribution in [2.75, 3.05) is 10.6 Å². The average Bonchev–Trinajstić information content (AvgIpc) is 2.61. The van der Waals surface area contributed by atoms with Crippen LogP contribution in [-0.4, -0.2) is 15.8 Å². The van der Waals surface area contributed by atoms with Gasteiger partial charge in [-0.3, -0.25) is 9.78 Å². The Morgan fingerprint density at radius 3 is 2.52 bits per heavy atom. The smallest absolute Gasteiger partial charge is 0.308 e. The minimum atomic E-state index is -4.61. The molecule has 9 heteroatoms. The molecule has 0 aliphatic rings. The average molecular weight is 408 g/mol. The monoisotopic (exact) mass is 408 g/mol. The normalized spacial score (nSPS) is 11.5. The molecule has 1 aromatic heterocycles. The van der Waals surface area contributed by atoms with Crippen LogP contribution in [0.15, 0.2) is 48.7 Å². The number of carbonyl (C=O) groups is 1. The van der Waals surface area contributed by atoms with E-state index in [2.05, 4.69) is 22.7 Å². The van der Waals surface area contributed by atoms with Crippen molar-refractivity contribution in [2.24, 2.45) is 0 Å². The minimum Gasteiger partial charge on any atom is -0.308 e. The summed E-state index contributed by atoms with van der Waals surface area (Å²) in [6.07, 6.45) is 0.162. The van der Waals surface area contributed by atoms with Crippen LogP contribution in [0.1, 0.15) is 31.0 Å². The highest BCUT2D eigenvalue weighted by Gasteiger charge is 2.33. The third-order valence-corrected chi connectivity index (χ3v) is 4.29. The van der Waals surface area contributed by atoms with Crippen LogP contribution in [0.3, 0.4) is 0 Å². The molecule has 0 bridgehead atoms. The number of hydrogen-bond donors (Lipinski definition) is 3. The van der Waals surface area contributed by atoms with Gasteiger partial charge in [0.05, 0.1) is 22.6 Å². The second-order valence-corrected chi connectivity index (χ2v) is 6.53. The van der Waals surface area contributed by atoms with Gasteiger partial charge in [0.1, 0.15) is 0 Å². The van der Waals surface area contributed by atoms with E-state index in [1.54, 1.807) is 6.20 Å². The number of aromatic amines is 1. The fraction of sp³-hybridized carbons (Fsp3) is 0.250. The Kier molecular flexibility index (Phi) is 5.95. The van der Waals surface area contributed by atoms with E-state index in [0.717, 1.165) is 43.2 Å². The number of aromatic nitrogens is 2. The maximum absolute atomic E-state index is 14.4. The second-order valence-electron chi connectivity index (χ2n) is 6.53. The number of carbonyl (C=O) groups excluding carboxylic acids is 1. The lowest BCUT2D eigenvalue weighted by atomic mass is 10.1. The number of amides is 2. The molecular weight excluding hydrogens is 388 g/mol. The largest absolute Gasteiger partial charge is 0.418 e. The van der Waals surface area contributed by atoms with Crippen molar-refractivity contribution < 1.29 is 22.4 Å². The molecule has 0 aliphatic carbocycles. The van der Waals surface area contributed by atoms with Crippen LogP contribution in [0.2, 0.25) is 0 Å². The number of halogens is 4. The van der Waals surface area contributed by atoms with Crippen molar-refractivity contribution in [1.82, 2.24) is 9.78 Å². The summed E-state index contributed by atoms with van der Waals surface area (Å²) < 4.78 is 54.9. The molecule has 3 N–H and O–H groups in total. The van der Waals surface area contributed by atoms with Crippen LogP contribution >= 0.6 is 0 Å². The molecule has 154 valence electrons. The second kappa shape index (κ2) is 8.42. The van der Waals surface area contributed by atoms with E-state index >= 15 is 0 Å². The van der Waals surface area contributed by atoms with E-state index in [1.807, 2.05) is 0 Å². The highest BCUT2D eigenvalue weighted by atomic mass is 19.4. The molecule has 1 heterocycles. The van der Waals surface area contributed by atoms with Crippen molar-refractivity contribution in [3.05, 3.63) is 65.7 Å². The number of alkyl halides is 3. The van der Waals surface area contributed by atoms with Gasteiger partial charge >= 0.3 is 12.2 Å². The van der Waals surface area contributed by atoms with E-state index < -0.39 is 23.6 Å². The number of anilines is 2. The Morgan fingerprint density at radius 2 is 1.86 bits per heavy atom. The molecule has 3 rings (SSSR count). The van der Waals surface area contributed by atoms with Crippen LogP contribution in [0, 0.1) is 5.82 Å². The van der Waals surface area contributed by atoms with Gasteiger partial charge < -0.3 is 10.6 Å². The summed E-state index contributed by atoms with van der Waals surface area (Å²) in [4.78, 5) is 12.1. The Hall–Kier alpha value is -3.23. The summed E-state index contributed by atoms with van der Waals surface area (Å²) in [6, 6.07) is 7.74. The lowest BCUT2D eigenvalue weighted by molar-refractivity contribution is -0.136. The van der Waals surface area contributed by atoms with Crippen molar-refractivity contribution >= 4 is 17.4 Å². The molecule has 29 heavy (non-hydrogen) atoms. The number of aryl methyl sites for hydroxylation is 1. The number of benzene rings is 2. The molecule has 0 atom stereocenters. The first-order valence-corrected chi connectivity index (χ1v) is 9.08. The third kappa shape index (κ3) is 4.98. The Morgan fingerprint density at radius 1 is 1.14 bits per heavy atom. The molecule has 2 aromatic carbocycles. The number of rotatable bonds is 6. The van der Waals surface area contributed by atoms with E-state index in [9.17, 15) is 22.4 Å². The summed E-state index contributed by atoms with van der Waals surface area (Å²) in [5, 5.41) is 7.52. The van der Waals surface area contributed by atoms with Gasteiger partial charge in [-0.1, -0.05) is 25.5 Å². The lowest BCUT2D eigenvalue weighted by Crippen LogP contribution is -2.22. The molecular formula is C20H20F4N4O. The number of hydrogen-bond acceptors (Lipinski definition) is 1. The summed E-state index contributed by atoms with van der Waals surface area (Å²) in [7, 11) is 0. The Labute approximate surface area is 164 Å². The topological polar surface area (TPSA) is 61.9 Å². The van der Waals surface area contributed by atoms with Crippen LogP contribution < -0.4 is 10.6 Å². The van der Waals surface area contributed by atoms with Crippen LogP contribution in [0.25, 0.3) is 5.69 Å². The fourth-order valence-electron chi connectivity index (χ4n) is 2.83. The van der Waals surface area contributed by atoms with E-state index in [4.69, 9.17) is 0 Å². The van der Waals surface area contributed by atoms with Crippen molar-refractivity contribution in [3.63, 3.8) is 0 Å². The lowest BCUT2D eigenvalue weighted by Gasteiger charge is -2.17. The summed E-state index contributed by atoms with van der Waals surface area (Å²) in [5.41, 5.74) is 0.0500. The number of urea groups is 1. The van der Waals surface area contributed by atoms with Gasteiger partial charge in [-0.25, -0.2) is 9.18 Å². The highest BCUT2D eigenvalue weighted by molar-refractivity contribution is 6.00. The number of nitrogens with zero attached hydrogens (tertiary/aromatic N) is 1. The molecule has 3 aromatic rings. The molecule has 0 unspecified atom stereocenters. The molecule has 0 radical (unpaired) electrons. The van der Waals surface area contributed by atoms with Gasteiger partial charge in [0, 0.05) is 11.9 Å². The van der Waals surface area contributed by atoms with Crippen molar-refractivity contribution in [2.45, 2.75) is 32.4 Å². The number of para-hydroxylation sites is 1. The SMILES string of the molecule is CCCCc1cn(-c2ccc(NC(=O)Nc3ccccc3C(F)(F)F)cc2F)[nH]1. The molecule has 5 nitrogen and oxygen atoms in total. The van der Waals surface area contributed by atoms with E-state index in [1.165, 1.54) is 28.9 Å². The minimum absolute atomic E-state index is 0.115. The summed E-state index contributed by atoms with van der Waals surface area (Å²) >= 11 is 0. The zero-order chi connectivity index (χ0) is 21.0. The van der Waals surface area contributed by atoms with Gasteiger partial charge in [0.2, 0.25) is 0 Å². The third-order valence-electron chi connectivity index (χ3n) is 4.29. The number of unbranched alkanes of at least 4 members (excludes halogenated alkanes) is 1. The maximum atomic E-state index is 14.4. The quantitative estimate of drug-likeness (QED) is 0.434. The Bertz CT molecular complexity index is 979. The first kappa shape index (κ1) is 20.5. The van der Waals surface area contributed by atoms with Gasteiger partial charge in [0.15, 0.2) is 5.82 Å². The maximum Gasteiger partial charge on any atom is 0.418 e. The fourth-order valence-corrected chi connectivity index (χ4v) is 2.83. The molecule has 0 fully saturated rings. The van der Waals surface area contributed by atoms with E-state index in [-0.39, 0.29) is 17.1 Å². The number of nitrogens with one attached hydrogen (secondary N) is 3. The summed E-state index contributed by atoms with van der Waals surface area (Å²) in [6.45, 7) is 2.08. The number of H-pyrrole nitrogens is 1. The zero-order valence-corrected chi connectivity index (χ0v) is 15.6. The van der Waals surface area contributed by atoms with Crippen LogP contribution in [0.5, 0.6) is 0 Å². The van der Waals surface area contributed by atoms with E-state index in [0.29, 0.717) is 0 Å². The van der Waals surface area contributed by atoms with Gasteiger partial charge in [-0.2, -0.15) is 13.2 Å². The zero-order valence-electron chi connectivity index (χ0n) is 15.6. The first-order chi connectivity index (χ1) is 13.8. The molecule has 2 amide bonds. The van der Waals surface area contributed by atoms with Crippen LogP contribution in [-0.2, 0) is 12.6 Å².